The molecule has 82 valence electrons. The maximum absolute atomic E-state index is 10.6. The van der Waals surface area contributed by atoms with E-state index in [-0.39, 0.29) is 0 Å². The van der Waals surface area contributed by atoms with E-state index in [1.165, 1.54) is 38.5 Å². The molecule has 0 aromatic rings. The molecule has 0 radical (unpaired) electrons. The minimum absolute atomic E-state index is 0.363. The zero-order chi connectivity index (χ0) is 10.0. The quantitative estimate of drug-likeness (QED) is 0.726. The van der Waals surface area contributed by atoms with Crippen LogP contribution in [0.15, 0.2) is 0 Å². The van der Waals surface area contributed by atoms with E-state index in [0.29, 0.717) is 12.0 Å². The smallest absolute Gasteiger partial charge is 0.0825 e. The van der Waals surface area contributed by atoms with E-state index >= 15 is 0 Å². The second kappa shape index (κ2) is 4.19. The maximum atomic E-state index is 10.6. The van der Waals surface area contributed by atoms with Gasteiger partial charge in [-0.05, 0) is 44.6 Å². The first-order valence-corrected chi connectivity index (χ1v) is 6.23. The SMILES string of the molecule is CCC(O)(C1CC1)C1CCCCCN1. The second-order valence-corrected chi connectivity index (χ2v) is 4.98. The van der Waals surface area contributed by atoms with Gasteiger partial charge in [-0.1, -0.05) is 19.8 Å². The summed E-state index contributed by atoms with van der Waals surface area (Å²) in [5.74, 6) is 0.586. The van der Waals surface area contributed by atoms with Gasteiger partial charge in [0.1, 0.15) is 0 Å². The Bertz CT molecular complexity index is 183. The zero-order valence-electron chi connectivity index (χ0n) is 9.26. The van der Waals surface area contributed by atoms with E-state index < -0.39 is 5.60 Å². The Morgan fingerprint density at radius 3 is 2.64 bits per heavy atom. The van der Waals surface area contributed by atoms with E-state index in [9.17, 15) is 5.11 Å². The molecular formula is C12H23NO. The highest BCUT2D eigenvalue weighted by atomic mass is 16.3. The topological polar surface area (TPSA) is 32.3 Å². The molecule has 1 saturated heterocycles. The summed E-state index contributed by atoms with van der Waals surface area (Å²) >= 11 is 0. The van der Waals surface area contributed by atoms with Crippen molar-refractivity contribution in [3.8, 4) is 0 Å². The summed E-state index contributed by atoms with van der Waals surface area (Å²) in [6.07, 6.45) is 8.45. The lowest BCUT2D eigenvalue weighted by molar-refractivity contribution is -0.0243. The summed E-state index contributed by atoms with van der Waals surface area (Å²) in [6, 6.07) is 0.363. The van der Waals surface area contributed by atoms with Gasteiger partial charge in [-0.15, -0.1) is 0 Å². The second-order valence-electron chi connectivity index (χ2n) is 4.98. The van der Waals surface area contributed by atoms with E-state index in [0.717, 1.165) is 13.0 Å². The summed E-state index contributed by atoms with van der Waals surface area (Å²) in [6.45, 7) is 3.23. The van der Waals surface area contributed by atoms with Crippen LogP contribution in [0.25, 0.3) is 0 Å². The molecule has 1 heterocycles. The predicted octanol–water partition coefficient (Wildman–Crippen LogP) is 2.07. The van der Waals surface area contributed by atoms with Crippen LogP contribution in [0, 0.1) is 5.92 Å². The van der Waals surface area contributed by atoms with Gasteiger partial charge in [-0.25, -0.2) is 0 Å². The molecule has 2 rings (SSSR count). The van der Waals surface area contributed by atoms with Crippen LogP contribution in [0.2, 0.25) is 0 Å². The summed E-state index contributed by atoms with van der Waals surface area (Å²) in [4.78, 5) is 0. The van der Waals surface area contributed by atoms with Crippen LogP contribution in [-0.2, 0) is 0 Å². The Hall–Kier alpha value is -0.0800. The molecule has 2 fully saturated rings. The minimum atomic E-state index is -0.398. The number of hydrogen-bond acceptors (Lipinski definition) is 2. The van der Waals surface area contributed by atoms with Crippen molar-refractivity contribution < 1.29 is 5.11 Å². The Kier molecular flexibility index (Phi) is 3.13. The summed E-state index contributed by atoms with van der Waals surface area (Å²) in [7, 11) is 0. The van der Waals surface area contributed by atoms with Crippen molar-refractivity contribution in [3.05, 3.63) is 0 Å². The van der Waals surface area contributed by atoms with Crippen molar-refractivity contribution in [2.24, 2.45) is 5.92 Å². The molecular weight excluding hydrogens is 174 g/mol. The van der Waals surface area contributed by atoms with Gasteiger partial charge in [0.2, 0.25) is 0 Å². The minimum Gasteiger partial charge on any atom is -0.388 e. The third-order valence-corrected chi connectivity index (χ3v) is 4.01. The van der Waals surface area contributed by atoms with Crippen molar-refractivity contribution in [2.75, 3.05) is 6.54 Å². The Labute approximate surface area is 87.1 Å². The van der Waals surface area contributed by atoms with Crippen molar-refractivity contribution in [1.29, 1.82) is 0 Å². The zero-order valence-corrected chi connectivity index (χ0v) is 9.26. The van der Waals surface area contributed by atoms with Crippen LogP contribution in [0.5, 0.6) is 0 Å². The lowest BCUT2D eigenvalue weighted by Crippen LogP contribution is -2.51. The number of nitrogens with one attached hydrogen (secondary N) is 1. The van der Waals surface area contributed by atoms with Crippen LogP contribution < -0.4 is 5.32 Å². The molecule has 2 aliphatic rings. The molecule has 1 aliphatic heterocycles. The Morgan fingerprint density at radius 2 is 2.00 bits per heavy atom. The third kappa shape index (κ3) is 1.96. The van der Waals surface area contributed by atoms with Crippen LogP contribution in [0.4, 0.5) is 0 Å². The lowest BCUT2D eigenvalue weighted by Gasteiger charge is -2.36. The van der Waals surface area contributed by atoms with E-state index in [4.69, 9.17) is 0 Å². The van der Waals surface area contributed by atoms with Gasteiger partial charge in [-0.2, -0.15) is 0 Å². The monoisotopic (exact) mass is 197 g/mol. The van der Waals surface area contributed by atoms with Gasteiger partial charge in [0, 0.05) is 6.04 Å². The first-order chi connectivity index (χ1) is 6.77. The van der Waals surface area contributed by atoms with Gasteiger partial charge in [0.25, 0.3) is 0 Å². The van der Waals surface area contributed by atoms with E-state index in [2.05, 4.69) is 12.2 Å². The van der Waals surface area contributed by atoms with Gasteiger partial charge >= 0.3 is 0 Å². The van der Waals surface area contributed by atoms with Crippen LogP contribution >= 0.6 is 0 Å². The molecule has 2 N–H and O–H groups in total. The fourth-order valence-corrected chi connectivity index (χ4v) is 2.86. The predicted molar refractivity (Wildman–Crippen MR) is 58.2 cm³/mol. The van der Waals surface area contributed by atoms with E-state index in [1.807, 2.05) is 0 Å². The summed E-state index contributed by atoms with van der Waals surface area (Å²) in [5, 5.41) is 14.2. The van der Waals surface area contributed by atoms with Crippen molar-refractivity contribution in [1.82, 2.24) is 5.32 Å². The molecule has 1 saturated carbocycles. The first-order valence-electron chi connectivity index (χ1n) is 6.23. The standard InChI is InChI=1S/C12H23NO/c1-2-12(14,10-7-8-10)11-6-4-3-5-9-13-11/h10-11,13-14H,2-9H2,1H3. The highest BCUT2D eigenvalue weighted by Crippen LogP contribution is 2.44. The van der Waals surface area contributed by atoms with Crippen molar-refractivity contribution in [3.63, 3.8) is 0 Å². The molecule has 0 aromatic carbocycles. The molecule has 0 bridgehead atoms. The number of hydrogen-bond donors (Lipinski definition) is 2. The van der Waals surface area contributed by atoms with Gasteiger partial charge in [0.05, 0.1) is 5.60 Å². The van der Waals surface area contributed by atoms with Gasteiger partial charge in [-0.3, -0.25) is 0 Å². The number of rotatable bonds is 3. The molecule has 1 aliphatic carbocycles. The van der Waals surface area contributed by atoms with Gasteiger partial charge < -0.3 is 10.4 Å². The molecule has 0 amide bonds. The van der Waals surface area contributed by atoms with Crippen molar-refractivity contribution in [2.45, 2.75) is 63.5 Å². The molecule has 0 aromatic heterocycles. The molecule has 2 unspecified atom stereocenters. The summed E-state index contributed by atoms with van der Waals surface area (Å²) < 4.78 is 0. The fraction of sp³-hybridized carbons (Fsp3) is 1.00. The molecule has 2 nitrogen and oxygen atoms in total. The normalized spacial score (nSPS) is 33.4. The van der Waals surface area contributed by atoms with E-state index in [1.54, 1.807) is 0 Å². The Balaban J connectivity index is 2.01. The summed E-state index contributed by atoms with van der Waals surface area (Å²) in [5.41, 5.74) is -0.398. The largest absolute Gasteiger partial charge is 0.388 e. The maximum Gasteiger partial charge on any atom is 0.0825 e. The third-order valence-electron chi connectivity index (χ3n) is 4.01. The number of aliphatic hydroxyl groups is 1. The molecule has 2 heteroatoms. The van der Waals surface area contributed by atoms with Crippen LogP contribution in [0.1, 0.15) is 51.9 Å². The van der Waals surface area contributed by atoms with Gasteiger partial charge in [0.15, 0.2) is 0 Å². The van der Waals surface area contributed by atoms with Crippen molar-refractivity contribution >= 4 is 0 Å². The van der Waals surface area contributed by atoms with Crippen LogP contribution in [-0.4, -0.2) is 23.3 Å². The highest BCUT2D eigenvalue weighted by Gasteiger charge is 2.47. The average molecular weight is 197 g/mol. The Morgan fingerprint density at radius 1 is 1.21 bits per heavy atom. The first kappa shape index (κ1) is 10.4. The van der Waals surface area contributed by atoms with Crippen LogP contribution in [0.3, 0.4) is 0 Å². The average Bonchev–Trinajstić information content (AvgIpc) is 3.03. The molecule has 14 heavy (non-hydrogen) atoms. The highest BCUT2D eigenvalue weighted by molar-refractivity contribution is 5.01. The lowest BCUT2D eigenvalue weighted by atomic mass is 9.84. The molecule has 2 atom stereocenters. The fourth-order valence-electron chi connectivity index (χ4n) is 2.86. The molecule has 0 spiro atoms.